The van der Waals surface area contributed by atoms with Crippen LogP contribution in [0.2, 0.25) is 8.67 Å². The van der Waals surface area contributed by atoms with E-state index >= 15 is 0 Å². The lowest BCUT2D eigenvalue weighted by Crippen LogP contribution is -2.12. The highest BCUT2D eigenvalue weighted by molar-refractivity contribution is 7.20. The maximum absolute atomic E-state index is 12.6. The first kappa shape index (κ1) is 19.8. The Morgan fingerprint density at radius 2 is 1.74 bits per heavy atom. The zero-order valence-corrected chi connectivity index (χ0v) is 17.6. The molecular formula is C17H14Cl2N2O4S2. The van der Waals surface area contributed by atoms with E-state index in [4.69, 9.17) is 37.4 Å². The predicted octanol–water partition coefficient (Wildman–Crippen LogP) is 5.46. The van der Waals surface area contributed by atoms with Crippen LogP contribution < -0.4 is 19.5 Å². The van der Waals surface area contributed by atoms with E-state index in [0.717, 1.165) is 5.56 Å². The Morgan fingerprint density at radius 1 is 1.07 bits per heavy atom. The molecule has 0 unspecified atom stereocenters. The number of benzene rings is 1. The zero-order chi connectivity index (χ0) is 19.6. The number of hydrogen-bond donors (Lipinski definition) is 1. The number of anilines is 1. The van der Waals surface area contributed by atoms with E-state index in [2.05, 4.69) is 10.3 Å². The number of halogens is 2. The molecule has 27 heavy (non-hydrogen) atoms. The highest BCUT2D eigenvalue weighted by atomic mass is 35.5. The number of hydrogen-bond acceptors (Lipinski definition) is 7. The smallest absolute Gasteiger partial charge is 0.257 e. The average Bonchev–Trinajstić information content (AvgIpc) is 3.25. The number of carbonyl (C=O) groups is 1. The van der Waals surface area contributed by atoms with E-state index in [1.165, 1.54) is 44.0 Å². The minimum Gasteiger partial charge on any atom is -0.493 e. The molecule has 0 atom stereocenters. The third-order valence-corrected chi connectivity index (χ3v) is 5.83. The third kappa shape index (κ3) is 4.14. The van der Waals surface area contributed by atoms with Gasteiger partial charge in [0.1, 0.15) is 4.34 Å². The van der Waals surface area contributed by atoms with Gasteiger partial charge in [-0.15, -0.1) is 22.7 Å². The van der Waals surface area contributed by atoms with Crippen molar-refractivity contribution in [1.29, 1.82) is 0 Å². The van der Waals surface area contributed by atoms with Crippen molar-refractivity contribution < 1.29 is 19.0 Å². The molecule has 0 aliphatic carbocycles. The second-order valence-electron chi connectivity index (χ2n) is 5.14. The van der Waals surface area contributed by atoms with E-state index in [9.17, 15) is 4.79 Å². The van der Waals surface area contributed by atoms with Crippen molar-refractivity contribution in [2.75, 3.05) is 26.6 Å². The number of thiophene rings is 1. The van der Waals surface area contributed by atoms with Crippen molar-refractivity contribution in [2.45, 2.75) is 0 Å². The van der Waals surface area contributed by atoms with Gasteiger partial charge in [-0.25, -0.2) is 4.98 Å². The minimum atomic E-state index is -0.357. The molecule has 0 saturated heterocycles. The fraction of sp³-hybridized carbons (Fsp3) is 0.176. The van der Waals surface area contributed by atoms with Crippen molar-refractivity contribution in [3.63, 3.8) is 0 Å². The van der Waals surface area contributed by atoms with E-state index in [-0.39, 0.29) is 5.91 Å². The maximum atomic E-state index is 12.6. The first-order valence-electron chi connectivity index (χ1n) is 7.49. The highest BCUT2D eigenvalue weighted by Gasteiger charge is 2.18. The van der Waals surface area contributed by atoms with Crippen LogP contribution in [0.15, 0.2) is 23.6 Å². The molecule has 3 aromatic rings. The van der Waals surface area contributed by atoms with Gasteiger partial charge in [0, 0.05) is 16.5 Å². The normalized spacial score (nSPS) is 10.6. The summed E-state index contributed by atoms with van der Waals surface area (Å²) in [5.74, 6) is 0.838. The van der Waals surface area contributed by atoms with E-state index in [0.29, 0.717) is 42.3 Å². The summed E-state index contributed by atoms with van der Waals surface area (Å²) in [6.45, 7) is 0. The number of thiazole rings is 1. The predicted molar refractivity (Wildman–Crippen MR) is 109 cm³/mol. The van der Waals surface area contributed by atoms with Crippen LogP contribution >= 0.6 is 45.9 Å². The first-order valence-corrected chi connectivity index (χ1v) is 9.94. The standard InChI is InChI=1S/C17H14Cl2N2O4S2/c1-23-11-4-8(5-12(24-2)14(11)25-3)16(22)21-17-20-10(7-26-17)9-6-13(18)27-15(9)19/h4-7H,1-3H3,(H,20,21,22). The molecule has 1 aromatic carbocycles. The molecule has 0 bridgehead atoms. The molecule has 1 amide bonds. The number of aromatic nitrogens is 1. The molecule has 2 aromatic heterocycles. The summed E-state index contributed by atoms with van der Waals surface area (Å²) in [6.07, 6.45) is 0. The Balaban J connectivity index is 1.85. The molecule has 2 heterocycles. The number of nitrogens with one attached hydrogen (secondary N) is 1. The molecule has 0 aliphatic heterocycles. The molecule has 3 rings (SSSR count). The van der Waals surface area contributed by atoms with Crippen LogP contribution in [0.1, 0.15) is 10.4 Å². The largest absolute Gasteiger partial charge is 0.493 e. The lowest BCUT2D eigenvalue weighted by molar-refractivity contribution is 0.102. The summed E-state index contributed by atoms with van der Waals surface area (Å²) in [7, 11) is 4.47. The van der Waals surface area contributed by atoms with Crippen molar-refractivity contribution in [3.05, 3.63) is 37.8 Å². The topological polar surface area (TPSA) is 69.7 Å². The fourth-order valence-electron chi connectivity index (χ4n) is 2.35. The van der Waals surface area contributed by atoms with Crippen molar-refractivity contribution in [1.82, 2.24) is 4.98 Å². The maximum Gasteiger partial charge on any atom is 0.257 e. The quantitative estimate of drug-likeness (QED) is 0.546. The summed E-state index contributed by atoms with van der Waals surface area (Å²) in [5.41, 5.74) is 1.72. The summed E-state index contributed by atoms with van der Waals surface area (Å²) in [5, 5.41) is 4.99. The number of ether oxygens (including phenoxy) is 3. The highest BCUT2D eigenvalue weighted by Crippen LogP contribution is 2.40. The Kier molecular flexibility index (Phi) is 6.11. The Labute approximate surface area is 173 Å². The first-order chi connectivity index (χ1) is 13.0. The third-order valence-electron chi connectivity index (χ3n) is 3.58. The van der Waals surface area contributed by atoms with Gasteiger partial charge in [-0.3, -0.25) is 10.1 Å². The van der Waals surface area contributed by atoms with Crippen LogP contribution in [-0.4, -0.2) is 32.2 Å². The van der Waals surface area contributed by atoms with Gasteiger partial charge in [0.25, 0.3) is 5.91 Å². The Hall–Kier alpha value is -2.00. The number of methoxy groups -OCH3 is 3. The molecule has 6 nitrogen and oxygen atoms in total. The Bertz CT molecular complexity index is 962. The lowest BCUT2D eigenvalue weighted by Gasteiger charge is -2.13. The molecule has 0 aliphatic rings. The van der Waals surface area contributed by atoms with Gasteiger partial charge in [0.05, 0.1) is 31.4 Å². The minimum absolute atomic E-state index is 0.345. The molecule has 10 heteroatoms. The van der Waals surface area contributed by atoms with Gasteiger partial charge in [0.15, 0.2) is 16.6 Å². The van der Waals surface area contributed by atoms with Gasteiger partial charge in [-0.2, -0.15) is 0 Å². The van der Waals surface area contributed by atoms with Gasteiger partial charge in [-0.05, 0) is 18.2 Å². The van der Waals surface area contributed by atoms with Crippen LogP contribution in [0.5, 0.6) is 17.2 Å². The average molecular weight is 445 g/mol. The molecular weight excluding hydrogens is 431 g/mol. The summed E-state index contributed by atoms with van der Waals surface area (Å²) in [6, 6.07) is 4.88. The zero-order valence-electron chi connectivity index (χ0n) is 14.5. The monoisotopic (exact) mass is 444 g/mol. The Morgan fingerprint density at radius 3 is 2.26 bits per heavy atom. The van der Waals surface area contributed by atoms with Crippen LogP contribution in [-0.2, 0) is 0 Å². The van der Waals surface area contributed by atoms with E-state index in [1.54, 1.807) is 23.6 Å². The van der Waals surface area contributed by atoms with Crippen LogP contribution in [0.4, 0.5) is 5.13 Å². The summed E-state index contributed by atoms with van der Waals surface area (Å²) >= 11 is 14.7. The van der Waals surface area contributed by atoms with Gasteiger partial charge in [0.2, 0.25) is 5.75 Å². The summed E-state index contributed by atoms with van der Waals surface area (Å²) < 4.78 is 16.9. The number of amides is 1. The van der Waals surface area contributed by atoms with Gasteiger partial charge >= 0.3 is 0 Å². The van der Waals surface area contributed by atoms with Gasteiger partial charge in [-0.1, -0.05) is 23.2 Å². The second kappa shape index (κ2) is 8.35. The summed E-state index contributed by atoms with van der Waals surface area (Å²) in [4.78, 5) is 17.0. The van der Waals surface area contributed by atoms with Crippen molar-refractivity contribution in [3.8, 4) is 28.5 Å². The molecule has 142 valence electrons. The lowest BCUT2D eigenvalue weighted by atomic mass is 10.1. The molecule has 0 saturated carbocycles. The van der Waals surface area contributed by atoms with Crippen molar-refractivity contribution >= 4 is 56.9 Å². The van der Waals surface area contributed by atoms with Crippen LogP contribution in [0.3, 0.4) is 0 Å². The fourth-order valence-corrected chi connectivity index (χ4v) is 4.54. The SMILES string of the molecule is COc1cc(C(=O)Nc2nc(-c3cc(Cl)sc3Cl)cs2)cc(OC)c1OC. The molecule has 0 fully saturated rings. The number of nitrogens with zero attached hydrogens (tertiary/aromatic N) is 1. The van der Waals surface area contributed by atoms with E-state index < -0.39 is 0 Å². The molecule has 1 N–H and O–H groups in total. The second-order valence-corrected chi connectivity index (χ2v) is 8.29. The molecule has 0 radical (unpaired) electrons. The molecule has 0 spiro atoms. The van der Waals surface area contributed by atoms with Crippen LogP contribution in [0.25, 0.3) is 11.3 Å². The van der Waals surface area contributed by atoms with Gasteiger partial charge < -0.3 is 14.2 Å². The number of rotatable bonds is 6. The van der Waals surface area contributed by atoms with E-state index in [1.807, 2.05) is 0 Å². The van der Waals surface area contributed by atoms with Crippen molar-refractivity contribution in [2.24, 2.45) is 0 Å². The number of carbonyl (C=O) groups excluding carboxylic acids is 1. The van der Waals surface area contributed by atoms with Crippen LogP contribution in [0, 0.1) is 0 Å².